The maximum absolute atomic E-state index is 13.3. The van der Waals surface area contributed by atoms with Crippen LogP contribution in [0.5, 0.6) is 0 Å². The predicted octanol–water partition coefficient (Wildman–Crippen LogP) is 4.94. The van der Waals surface area contributed by atoms with Gasteiger partial charge in [0.1, 0.15) is 5.82 Å². The lowest BCUT2D eigenvalue weighted by molar-refractivity contribution is 0.445. The molecule has 0 bridgehead atoms. The van der Waals surface area contributed by atoms with E-state index in [1.165, 1.54) is 10.9 Å². The zero-order valence-electron chi connectivity index (χ0n) is 12.4. The van der Waals surface area contributed by atoms with Crippen LogP contribution < -0.4 is 5.32 Å². The predicted molar refractivity (Wildman–Crippen MR) is 89.8 cm³/mol. The lowest BCUT2D eigenvalue weighted by Crippen LogP contribution is -2.30. The van der Waals surface area contributed by atoms with E-state index in [1.54, 1.807) is 23.5 Å². The summed E-state index contributed by atoms with van der Waals surface area (Å²) in [5.41, 5.74) is 1.05. The van der Waals surface area contributed by atoms with E-state index in [-0.39, 0.29) is 5.82 Å². The van der Waals surface area contributed by atoms with Crippen LogP contribution in [0.3, 0.4) is 0 Å². The molecule has 0 aliphatic rings. The van der Waals surface area contributed by atoms with Crippen LogP contribution in [0.25, 0.3) is 0 Å². The molecule has 0 amide bonds. The first-order chi connectivity index (χ1) is 10.0. The van der Waals surface area contributed by atoms with Gasteiger partial charge in [-0.1, -0.05) is 37.6 Å². The van der Waals surface area contributed by atoms with Gasteiger partial charge in [-0.15, -0.1) is 11.3 Å². The second-order valence-electron chi connectivity index (χ2n) is 5.67. The van der Waals surface area contributed by atoms with E-state index in [9.17, 15) is 4.39 Å². The number of thiophene rings is 1. The molecule has 4 heteroatoms. The molecule has 1 aromatic carbocycles. The molecule has 1 N–H and O–H groups in total. The first-order valence-electron chi connectivity index (χ1n) is 7.25. The van der Waals surface area contributed by atoms with Crippen LogP contribution in [0.4, 0.5) is 4.39 Å². The molecule has 1 heterocycles. The highest BCUT2D eigenvalue weighted by Gasteiger charge is 2.13. The smallest absolute Gasteiger partial charge is 0.123 e. The Kier molecular flexibility index (Phi) is 6.22. The minimum Gasteiger partial charge on any atom is -0.314 e. The van der Waals surface area contributed by atoms with E-state index in [0.717, 1.165) is 29.3 Å². The third kappa shape index (κ3) is 5.77. The Balaban J connectivity index is 2.04. The lowest BCUT2D eigenvalue weighted by atomic mass is 9.95. The average molecular weight is 326 g/mol. The number of nitrogens with one attached hydrogen (secondary N) is 1. The number of hydrogen-bond acceptors (Lipinski definition) is 2. The molecule has 1 unspecified atom stereocenters. The summed E-state index contributed by atoms with van der Waals surface area (Å²) in [5.74, 6) is 0.270. The van der Waals surface area contributed by atoms with Gasteiger partial charge in [-0.3, -0.25) is 0 Å². The highest BCUT2D eigenvalue weighted by molar-refractivity contribution is 7.16. The zero-order chi connectivity index (χ0) is 15.2. The number of benzene rings is 1. The van der Waals surface area contributed by atoms with E-state index >= 15 is 0 Å². The summed E-state index contributed by atoms with van der Waals surface area (Å²) in [6, 6.07) is 11.4. The van der Waals surface area contributed by atoms with Gasteiger partial charge in [0, 0.05) is 10.9 Å². The Morgan fingerprint density at radius 2 is 2.00 bits per heavy atom. The van der Waals surface area contributed by atoms with Gasteiger partial charge >= 0.3 is 0 Å². The fraction of sp³-hybridized carbons (Fsp3) is 0.412. The lowest BCUT2D eigenvalue weighted by Gasteiger charge is -2.19. The van der Waals surface area contributed by atoms with Gasteiger partial charge in [0.05, 0.1) is 4.34 Å². The van der Waals surface area contributed by atoms with Gasteiger partial charge in [0.15, 0.2) is 0 Å². The second kappa shape index (κ2) is 7.92. The summed E-state index contributed by atoms with van der Waals surface area (Å²) in [4.78, 5) is 1.28. The summed E-state index contributed by atoms with van der Waals surface area (Å²) >= 11 is 7.63. The maximum atomic E-state index is 13.3. The molecule has 0 saturated carbocycles. The topological polar surface area (TPSA) is 12.0 Å². The third-order valence-corrected chi connectivity index (χ3v) is 4.60. The zero-order valence-corrected chi connectivity index (χ0v) is 14.0. The van der Waals surface area contributed by atoms with Crippen molar-refractivity contribution in [2.24, 2.45) is 5.92 Å². The Morgan fingerprint density at radius 3 is 2.62 bits per heavy atom. The van der Waals surface area contributed by atoms with Gasteiger partial charge in [-0.2, -0.15) is 0 Å². The molecule has 0 fully saturated rings. The Hall–Kier alpha value is -0.900. The van der Waals surface area contributed by atoms with Gasteiger partial charge in [0.2, 0.25) is 0 Å². The quantitative estimate of drug-likeness (QED) is 0.760. The van der Waals surface area contributed by atoms with Crippen molar-refractivity contribution in [3.63, 3.8) is 0 Å². The molecular formula is C17H21ClFNS. The van der Waals surface area contributed by atoms with Crippen molar-refractivity contribution in [2.75, 3.05) is 6.54 Å². The van der Waals surface area contributed by atoms with Crippen LogP contribution in [0.2, 0.25) is 4.34 Å². The molecule has 0 spiro atoms. The van der Waals surface area contributed by atoms with Crippen molar-refractivity contribution < 1.29 is 4.39 Å². The van der Waals surface area contributed by atoms with Crippen molar-refractivity contribution >= 4 is 22.9 Å². The van der Waals surface area contributed by atoms with Crippen LogP contribution in [0.15, 0.2) is 36.4 Å². The minimum atomic E-state index is -0.165. The van der Waals surface area contributed by atoms with E-state index < -0.39 is 0 Å². The summed E-state index contributed by atoms with van der Waals surface area (Å²) in [6.45, 7) is 5.20. The second-order valence-corrected chi connectivity index (χ2v) is 7.47. The summed E-state index contributed by atoms with van der Waals surface area (Å²) in [7, 11) is 0. The largest absolute Gasteiger partial charge is 0.314 e. The third-order valence-electron chi connectivity index (χ3n) is 3.35. The Bertz CT molecular complexity index is 567. The maximum Gasteiger partial charge on any atom is 0.123 e. The van der Waals surface area contributed by atoms with Crippen molar-refractivity contribution in [2.45, 2.75) is 32.7 Å². The highest BCUT2D eigenvalue weighted by Crippen LogP contribution is 2.25. The van der Waals surface area contributed by atoms with E-state index in [1.807, 2.05) is 12.1 Å². The molecule has 2 aromatic rings. The number of hydrogen-bond donors (Lipinski definition) is 1. The molecule has 0 radical (unpaired) electrons. The van der Waals surface area contributed by atoms with Gasteiger partial charge in [0.25, 0.3) is 0 Å². The summed E-state index contributed by atoms with van der Waals surface area (Å²) in [6.07, 6.45) is 1.83. The first-order valence-corrected chi connectivity index (χ1v) is 8.44. The van der Waals surface area contributed by atoms with Gasteiger partial charge < -0.3 is 5.32 Å². The molecule has 1 aromatic heterocycles. The van der Waals surface area contributed by atoms with Gasteiger partial charge in [-0.05, 0) is 55.1 Å². The van der Waals surface area contributed by atoms with Crippen molar-refractivity contribution in [1.29, 1.82) is 0 Å². The van der Waals surface area contributed by atoms with Crippen molar-refractivity contribution in [1.82, 2.24) is 5.32 Å². The first kappa shape index (κ1) is 16.5. The molecule has 21 heavy (non-hydrogen) atoms. The Morgan fingerprint density at radius 1 is 1.19 bits per heavy atom. The number of halogens is 2. The van der Waals surface area contributed by atoms with Gasteiger partial charge in [-0.25, -0.2) is 4.39 Å². The standard InChI is InChI=1S/C17H21ClFNS/c1-12(2)20-11-14(10-16-6-7-17(18)21-16)8-13-4-3-5-15(19)9-13/h3-7,9,12,14,20H,8,10-11H2,1-2H3. The van der Waals surface area contributed by atoms with Crippen LogP contribution in [0.1, 0.15) is 24.3 Å². The normalized spacial score (nSPS) is 12.8. The fourth-order valence-corrected chi connectivity index (χ4v) is 3.56. The molecule has 0 aliphatic heterocycles. The number of rotatable bonds is 7. The van der Waals surface area contributed by atoms with Crippen LogP contribution in [0, 0.1) is 11.7 Å². The molecular weight excluding hydrogens is 305 g/mol. The van der Waals surface area contributed by atoms with Crippen LogP contribution >= 0.6 is 22.9 Å². The Labute approximate surface area is 135 Å². The molecule has 1 atom stereocenters. The fourth-order valence-electron chi connectivity index (χ4n) is 2.36. The van der Waals surface area contributed by atoms with Crippen molar-refractivity contribution in [3.05, 3.63) is 57.0 Å². The summed E-state index contributed by atoms with van der Waals surface area (Å²) in [5, 5.41) is 3.49. The van der Waals surface area contributed by atoms with E-state index in [2.05, 4.69) is 25.2 Å². The SMILES string of the molecule is CC(C)NCC(Cc1cccc(F)c1)Cc1ccc(Cl)s1. The molecule has 0 aliphatic carbocycles. The minimum absolute atomic E-state index is 0.165. The molecule has 0 saturated heterocycles. The van der Waals surface area contributed by atoms with Crippen LogP contribution in [-0.4, -0.2) is 12.6 Å². The molecule has 2 rings (SSSR count). The van der Waals surface area contributed by atoms with Crippen LogP contribution in [-0.2, 0) is 12.8 Å². The molecule has 1 nitrogen and oxygen atoms in total. The summed E-state index contributed by atoms with van der Waals surface area (Å²) < 4.78 is 14.2. The molecule has 114 valence electrons. The van der Waals surface area contributed by atoms with Crippen molar-refractivity contribution in [3.8, 4) is 0 Å². The average Bonchev–Trinajstić information content (AvgIpc) is 2.81. The monoisotopic (exact) mass is 325 g/mol. The van der Waals surface area contributed by atoms with E-state index in [4.69, 9.17) is 11.6 Å². The highest BCUT2D eigenvalue weighted by atomic mass is 35.5. The van der Waals surface area contributed by atoms with E-state index in [0.29, 0.717) is 12.0 Å².